The van der Waals surface area contributed by atoms with Crippen molar-refractivity contribution in [2.24, 2.45) is 0 Å². The summed E-state index contributed by atoms with van der Waals surface area (Å²) in [4.78, 5) is 11.8. The molecule has 3 rings (SSSR count). The molecule has 0 saturated carbocycles. The molecular formula is C18H18N4O3. The van der Waals surface area contributed by atoms with Crippen molar-refractivity contribution >= 4 is 17.5 Å². The summed E-state index contributed by atoms with van der Waals surface area (Å²) in [6, 6.07) is 14.6. The molecule has 25 heavy (non-hydrogen) atoms. The van der Waals surface area contributed by atoms with Crippen LogP contribution in [0.4, 0.5) is 11.6 Å². The van der Waals surface area contributed by atoms with E-state index in [2.05, 4.69) is 20.8 Å². The van der Waals surface area contributed by atoms with E-state index < -0.39 is 0 Å². The predicted molar refractivity (Wildman–Crippen MR) is 93.9 cm³/mol. The molecule has 0 bridgehead atoms. The van der Waals surface area contributed by atoms with Crippen molar-refractivity contribution in [2.45, 2.75) is 6.42 Å². The zero-order valence-electron chi connectivity index (χ0n) is 13.7. The molecule has 2 aromatic heterocycles. The highest BCUT2D eigenvalue weighted by atomic mass is 16.5. The van der Waals surface area contributed by atoms with Crippen LogP contribution in [0.3, 0.4) is 0 Å². The number of hydrogen-bond donors (Lipinski definition) is 2. The Labute approximate surface area is 145 Å². The number of nitrogens with one attached hydrogen (secondary N) is 2. The summed E-state index contributed by atoms with van der Waals surface area (Å²) in [6.07, 6.45) is 2.27. The number of anilines is 2. The van der Waals surface area contributed by atoms with E-state index in [-0.39, 0.29) is 11.7 Å². The van der Waals surface area contributed by atoms with Crippen molar-refractivity contribution in [3.63, 3.8) is 0 Å². The van der Waals surface area contributed by atoms with Gasteiger partial charge in [-0.05, 0) is 48.4 Å². The third-order valence-electron chi connectivity index (χ3n) is 3.51. The van der Waals surface area contributed by atoms with Gasteiger partial charge in [-0.25, -0.2) is 0 Å². The number of methoxy groups -OCH3 is 1. The third-order valence-corrected chi connectivity index (χ3v) is 3.51. The van der Waals surface area contributed by atoms with E-state index in [0.717, 1.165) is 12.2 Å². The zero-order valence-corrected chi connectivity index (χ0v) is 13.7. The normalized spacial score (nSPS) is 10.3. The van der Waals surface area contributed by atoms with Crippen molar-refractivity contribution in [3.05, 3.63) is 66.1 Å². The molecule has 0 spiro atoms. The second-order valence-electron chi connectivity index (χ2n) is 5.26. The lowest BCUT2D eigenvalue weighted by Crippen LogP contribution is -2.13. The molecule has 1 aromatic carbocycles. The Morgan fingerprint density at radius 2 is 1.96 bits per heavy atom. The zero-order chi connectivity index (χ0) is 17.5. The SMILES string of the molecule is COc1cccc(CCNc2ccc(NC(=O)c3ccco3)nn2)c1. The Hall–Kier alpha value is -3.35. The van der Waals surface area contributed by atoms with Crippen LogP contribution in [0.15, 0.2) is 59.2 Å². The Kier molecular flexibility index (Phi) is 5.26. The summed E-state index contributed by atoms with van der Waals surface area (Å²) in [5.74, 6) is 1.70. The maximum absolute atomic E-state index is 11.8. The van der Waals surface area contributed by atoms with E-state index in [1.54, 1.807) is 31.4 Å². The van der Waals surface area contributed by atoms with Crippen LogP contribution in [-0.4, -0.2) is 29.8 Å². The first-order valence-corrected chi connectivity index (χ1v) is 7.80. The second-order valence-corrected chi connectivity index (χ2v) is 5.26. The van der Waals surface area contributed by atoms with E-state index in [4.69, 9.17) is 9.15 Å². The van der Waals surface area contributed by atoms with Crippen LogP contribution in [0, 0.1) is 0 Å². The molecular weight excluding hydrogens is 320 g/mol. The van der Waals surface area contributed by atoms with Crippen molar-refractivity contribution in [3.8, 4) is 5.75 Å². The molecule has 128 valence electrons. The number of carbonyl (C=O) groups excluding carboxylic acids is 1. The van der Waals surface area contributed by atoms with E-state index >= 15 is 0 Å². The van der Waals surface area contributed by atoms with Gasteiger partial charge in [0.1, 0.15) is 11.6 Å². The standard InChI is InChI=1S/C18H18N4O3/c1-24-14-5-2-4-13(12-14)9-10-19-16-7-8-17(22-21-16)20-18(23)15-6-3-11-25-15/h2-8,11-12H,9-10H2,1H3,(H,19,21)(H,20,22,23). The molecule has 3 aromatic rings. The van der Waals surface area contributed by atoms with Crippen molar-refractivity contribution in [1.82, 2.24) is 10.2 Å². The van der Waals surface area contributed by atoms with Gasteiger partial charge in [0.05, 0.1) is 13.4 Å². The van der Waals surface area contributed by atoms with Crippen LogP contribution in [0.2, 0.25) is 0 Å². The number of amides is 1. The second kappa shape index (κ2) is 7.96. The van der Waals surface area contributed by atoms with Crippen molar-refractivity contribution in [2.75, 3.05) is 24.3 Å². The molecule has 0 saturated heterocycles. The van der Waals surface area contributed by atoms with Gasteiger partial charge in [-0.15, -0.1) is 10.2 Å². The van der Waals surface area contributed by atoms with E-state index in [0.29, 0.717) is 18.2 Å². The fourth-order valence-electron chi connectivity index (χ4n) is 2.24. The lowest BCUT2D eigenvalue weighted by atomic mass is 10.1. The largest absolute Gasteiger partial charge is 0.497 e. The molecule has 7 heteroatoms. The van der Waals surface area contributed by atoms with Gasteiger partial charge in [-0.1, -0.05) is 12.1 Å². The van der Waals surface area contributed by atoms with Crippen molar-refractivity contribution in [1.29, 1.82) is 0 Å². The summed E-state index contributed by atoms with van der Waals surface area (Å²) >= 11 is 0. The van der Waals surface area contributed by atoms with Crippen LogP contribution in [0.1, 0.15) is 16.1 Å². The molecule has 0 unspecified atom stereocenters. The smallest absolute Gasteiger partial charge is 0.292 e. The van der Waals surface area contributed by atoms with Gasteiger partial charge in [0.25, 0.3) is 5.91 Å². The van der Waals surface area contributed by atoms with Gasteiger partial charge in [0.2, 0.25) is 0 Å². The highest BCUT2D eigenvalue weighted by Crippen LogP contribution is 2.13. The molecule has 0 fully saturated rings. The molecule has 1 amide bonds. The highest BCUT2D eigenvalue weighted by Gasteiger charge is 2.09. The Morgan fingerprint density at radius 3 is 2.68 bits per heavy atom. The average molecular weight is 338 g/mol. The van der Waals surface area contributed by atoms with Gasteiger partial charge < -0.3 is 19.8 Å². The quantitative estimate of drug-likeness (QED) is 0.688. The monoisotopic (exact) mass is 338 g/mol. The van der Waals surface area contributed by atoms with Gasteiger partial charge in [-0.3, -0.25) is 4.79 Å². The fraction of sp³-hybridized carbons (Fsp3) is 0.167. The van der Waals surface area contributed by atoms with Gasteiger partial charge in [0, 0.05) is 6.54 Å². The minimum Gasteiger partial charge on any atom is -0.497 e. The molecule has 0 aliphatic heterocycles. The van der Waals surface area contributed by atoms with E-state index in [1.807, 2.05) is 24.3 Å². The molecule has 2 N–H and O–H groups in total. The lowest BCUT2D eigenvalue weighted by molar-refractivity contribution is 0.0996. The first-order valence-electron chi connectivity index (χ1n) is 7.80. The summed E-state index contributed by atoms with van der Waals surface area (Å²) in [5.41, 5.74) is 1.17. The maximum Gasteiger partial charge on any atom is 0.292 e. The average Bonchev–Trinajstić information content (AvgIpc) is 3.18. The Balaban J connectivity index is 1.49. The number of furan rings is 1. The van der Waals surface area contributed by atoms with Crippen LogP contribution < -0.4 is 15.4 Å². The van der Waals surface area contributed by atoms with Crippen molar-refractivity contribution < 1.29 is 13.9 Å². The molecule has 0 aliphatic rings. The molecule has 7 nitrogen and oxygen atoms in total. The summed E-state index contributed by atoms with van der Waals surface area (Å²) < 4.78 is 10.2. The highest BCUT2D eigenvalue weighted by molar-refractivity contribution is 6.01. The Bertz CT molecular complexity index is 817. The third kappa shape index (κ3) is 4.57. The minimum absolute atomic E-state index is 0.224. The van der Waals surface area contributed by atoms with E-state index in [1.165, 1.54) is 11.8 Å². The molecule has 2 heterocycles. The molecule has 0 aliphatic carbocycles. The van der Waals surface area contributed by atoms with Crippen LogP contribution in [0.25, 0.3) is 0 Å². The van der Waals surface area contributed by atoms with Gasteiger partial charge >= 0.3 is 0 Å². The van der Waals surface area contributed by atoms with E-state index in [9.17, 15) is 4.79 Å². The summed E-state index contributed by atoms with van der Waals surface area (Å²) in [5, 5.41) is 13.8. The lowest BCUT2D eigenvalue weighted by Gasteiger charge is -2.07. The number of aromatic nitrogens is 2. The number of hydrogen-bond acceptors (Lipinski definition) is 6. The Morgan fingerprint density at radius 1 is 1.12 bits per heavy atom. The topological polar surface area (TPSA) is 89.3 Å². The first-order chi connectivity index (χ1) is 12.2. The number of benzene rings is 1. The number of nitrogens with zero attached hydrogens (tertiary/aromatic N) is 2. The number of rotatable bonds is 7. The minimum atomic E-state index is -0.363. The van der Waals surface area contributed by atoms with Gasteiger partial charge in [0.15, 0.2) is 11.6 Å². The predicted octanol–water partition coefficient (Wildman–Crippen LogP) is 2.99. The first kappa shape index (κ1) is 16.5. The number of carbonyl (C=O) groups is 1. The van der Waals surface area contributed by atoms with Crippen LogP contribution >= 0.6 is 0 Å². The number of ether oxygens (including phenoxy) is 1. The molecule has 0 radical (unpaired) electrons. The van der Waals surface area contributed by atoms with Crippen LogP contribution in [0.5, 0.6) is 5.75 Å². The van der Waals surface area contributed by atoms with Gasteiger partial charge in [-0.2, -0.15) is 0 Å². The van der Waals surface area contributed by atoms with Crippen LogP contribution in [-0.2, 0) is 6.42 Å². The molecule has 0 atom stereocenters. The summed E-state index contributed by atoms with van der Waals surface area (Å²) in [6.45, 7) is 0.708. The maximum atomic E-state index is 11.8. The fourth-order valence-corrected chi connectivity index (χ4v) is 2.24. The summed E-state index contributed by atoms with van der Waals surface area (Å²) in [7, 11) is 1.65.